The van der Waals surface area contributed by atoms with Gasteiger partial charge in [0, 0.05) is 10.6 Å². The van der Waals surface area contributed by atoms with Gasteiger partial charge in [0.2, 0.25) is 5.91 Å². The Hall–Kier alpha value is -1.06. The van der Waals surface area contributed by atoms with Gasteiger partial charge >= 0.3 is 0 Å². The molecule has 0 aliphatic carbocycles. The Bertz CT molecular complexity index is 377. The van der Waals surface area contributed by atoms with Crippen LogP contribution in [0.5, 0.6) is 0 Å². The number of aldehydes is 1. The summed E-state index contributed by atoms with van der Waals surface area (Å²) in [6, 6.07) is 2.68. The predicted molar refractivity (Wildman–Crippen MR) is 50.4 cm³/mol. The van der Waals surface area contributed by atoms with Crippen LogP contribution in [0.2, 0.25) is 10.0 Å². The minimum atomic E-state index is -0.712. The molecule has 0 atom stereocenters. The first-order valence-electron chi connectivity index (χ1n) is 3.30. The molecule has 3 nitrogen and oxygen atoms in total. The quantitative estimate of drug-likeness (QED) is 0.770. The number of hydrogen-bond donors (Lipinski definition) is 1. The van der Waals surface area contributed by atoms with Crippen LogP contribution in [0.25, 0.3) is 0 Å². The minimum Gasteiger partial charge on any atom is -0.366 e. The number of amides is 1. The van der Waals surface area contributed by atoms with Crippen LogP contribution < -0.4 is 5.73 Å². The van der Waals surface area contributed by atoms with Crippen molar-refractivity contribution < 1.29 is 9.59 Å². The second-order valence-electron chi connectivity index (χ2n) is 2.34. The number of primary amides is 1. The molecule has 5 heteroatoms. The monoisotopic (exact) mass is 217 g/mol. The standard InChI is InChI=1S/C8H5Cl2NO2/c9-5-1-4(3-12)7(10)6(2-5)8(11)13/h1-3H,(H2,11,13). The van der Waals surface area contributed by atoms with Crippen molar-refractivity contribution in [1.82, 2.24) is 0 Å². The molecule has 1 amide bonds. The highest BCUT2D eigenvalue weighted by Crippen LogP contribution is 2.24. The summed E-state index contributed by atoms with van der Waals surface area (Å²) in [6.45, 7) is 0. The van der Waals surface area contributed by atoms with E-state index in [2.05, 4.69) is 0 Å². The maximum atomic E-state index is 10.8. The van der Waals surface area contributed by atoms with E-state index in [1.807, 2.05) is 0 Å². The summed E-state index contributed by atoms with van der Waals surface area (Å²) < 4.78 is 0. The third kappa shape index (κ3) is 1.99. The van der Waals surface area contributed by atoms with E-state index in [-0.39, 0.29) is 21.2 Å². The van der Waals surface area contributed by atoms with Gasteiger partial charge in [0.1, 0.15) is 0 Å². The zero-order valence-corrected chi connectivity index (χ0v) is 7.89. The Kier molecular flexibility index (Phi) is 2.90. The van der Waals surface area contributed by atoms with Crippen molar-refractivity contribution in [2.24, 2.45) is 5.73 Å². The van der Waals surface area contributed by atoms with Crippen molar-refractivity contribution >= 4 is 35.4 Å². The van der Waals surface area contributed by atoms with Crippen molar-refractivity contribution in [2.45, 2.75) is 0 Å². The Morgan fingerprint density at radius 1 is 1.38 bits per heavy atom. The van der Waals surface area contributed by atoms with Crippen LogP contribution in [-0.2, 0) is 0 Å². The summed E-state index contributed by atoms with van der Waals surface area (Å²) >= 11 is 11.3. The average molecular weight is 218 g/mol. The van der Waals surface area contributed by atoms with E-state index in [9.17, 15) is 9.59 Å². The summed E-state index contributed by atoms with van der Waals surface area (Å²) in [6.07, 6.45) is 0.515. The molecule has 0 aromatic heterocycles. The van der Waals surface area contributed by atoms with Crippen LogP contribution in [-0.4, -0.2) is 12.2 Å². The number of rotatable bonds is 2. The first-order valence-corrected chi connectivity index (χ1v) is 4.06. The van der Waals surface area contributed by atoms with Gasteiger partial charge in [0.25, 0.3) is 0 Å². The van der Waals surface area contributed by atoms with Gasteiger partial charge in [-0.15, -0.1) is 0 Å². The van der Waals surface area contributed by atoms with Gasteiger partial charge < -0.3 is 5.73 Å². The lowest BCUT2D eigenvalue weighted by molar-refractivity contribution is 0.100. The van der Waals surface area contributed by atoms with Crippen LogP contribution >= 0.6 is 23.2 Å². The fourth-order valence-electron chi connectivity index (χ4n) is 0.875. The highest BCUT2D eigenvalue weighted by atomic mass is 35.5. The van der Waals surface area contributed by atoms with E-state index < -0.39 is 5.91 Å². The van der Waals surface area contributed by atoms with Crippen molar-refractivity contribution in [2.75, 3.05) is 0 Å². The summed E-state index contributed by atoms with van der Waals surface area (Å²) in [4.78, 5) is 21.3. The molecular formula is C8H5Cl2NO2. The maximum Gasteiger partial charge on any atom is 0.250 e. The van der Waals surface area contributed by atoms with Gasteiger partial charge in [-0.05, 0) is 12.1 Å². The second kappa shape index (κ2) is 3.77. The Morgan fingerprint density at radius 2 is 2.00 bits per heavy atom. The van der Waals surface area contributed by atoms with Gasteiger partial charge in [0.05, 0.1) is 10.6 Å². The van der Waals surface area contributed by atoms with Crippen molar-refractivity contribution in [1.29, 1.82) is 0 Å². The lowest BCUT2D eigenvalue weighted by Crippen LogP contribution is -2.12. The molecule has 1 aromatic rings. The fraction of sp³-hybridized carbons (Fsp3) is 0. The molecule has 0 saturated carbocycles. The zero-order chi connectivity index (χ0) is 10.0. The maximum absolute atomic E-state index is 10.8. The summed E-state index contributed by atoms with van der Waals surface area (Å²) in [5, 5.41) is 0.284. The molecule has 0 fully saturated rings. The summed E-state index contributed by atoms with van der Waals surface area (Å²) in [5.41, 5.74) is 5.22. The largest absolute Gasteiger partial charge is 0.366 e. The second-order valence-corrected chi connectivity index (χ2v) is 3.15. The highest BCUT2D eigenvalue weighted by Gasteiger charge is 2.11. The third-order valence-electron chi connectivity index (χ3n) is 1.46. The molecular weight excluding hydrogens is 213 g/mol. The first kappa shape index (κ1) is 10.0. The van der Waals surface area contributed by atoms with E-state index >= 15 is 0 Å². The van der Waals surface area contributed by atoms with Crippen molar-refractivity contribution in [3.05, 3.63) is 33.3 Å². The smallest absolute Gasteiger partial charge is 0.250 e. The fourth-order valence-corrected chi connectivity index (χ4v) is 1.35. The van der Waals surface area contributed by atoms with E-state index in [4.69, 9.17) is 28.9 Å². The highest BCUT2D eigenvalue weighted by molar-refractivity contribution is 6.37. The molecule has 0 saturated heterocycles. The normalized spacial score (nSPS) is 9.69. The molecule has 0 bridgehead atoms. The Balaban J connectivity index is 3.44. The molecule has 0 radical (unpaired) electrons. The topological polar surface area (TPSA) is 60.2 Å². The molecule has 0 spiro atoms. The number of benzene rings is 1. The molecule has 0 aliphatic rings. The molecule has 1 rings (SSSR count). The average Bonchev–Trinajstić information content (AvgIpc) is 2.08. The molecule has 0 aliphatic heterocycles. The van der Waals surface area contributed by atoms with Crippen LogP contribution in [0.1, 0.15) is 20.7 Å². The van der Waals surface area contributed by atoms with Crippen LogP contribution in [0, 0.1) is 0 Å². The first-order chi connectivity index (χ1) is 6.06. The van der Waals surface area contributed by atoms with Crippen LogP contribution in [0.15, 0.2) is 12.1 Å². The molecule has 1 aromatic carbocycles. The van der Waals surface area contributed by atoms with E-state index in [1.54, 1.807) is 0 Å². The number of carbonyl (C=O) groups excluding carboxylic acids is 2. The predicted octanol–water partition coefficient (Wildman–Crippen LogP) is 1.90. The van der Waals surface area contributed by atoms with Crippen LogP contribution in [0.3, 0.4) is 0 Å². The van der Waals surface area contributed by atoms with Gasteiger partial charge in [-0.25, -0.2) is 0 Å². The van der Waals surface area contributed by atoms with Gasteiger partial charge in [-0.1, -0.05) is 23.2 Å². The third-order valence-corrected chi connectivity index (χ3v) is 2.10. The van der Waals surface area contributed by atoms with E-state index in [0.717, 1.165) is 0 Å². The van der Waals surface area contributed by atoms with Gasteiger partial charge in [-0.2, -0.15) is 0 Å². The van der Waals surface area contributed by atoms with Crippen molar-refractivity contribution in [3.8, 4) is 0 Å². The molecule has 13 heavy (non-hydrogen) atoms. The molecule has 0 unspecified atom stereocenters. The van der Waals surface area contributed by atoms with Gasteiger partial charge in [-0.3, -0.25) is 9.59 Å². The van der Waals surface area contributed by atoms with E-state index in [1.165, 1.54) is 12.1 Å². The lowest BCUT2D eigenvalue weighted by atomic mass is 10.1. The summed E-state index contributed by atoms with van der Waals surface area (Å²) in [7, 11) is 0. The van der Waals surface area contributed by atoms with Crippen molar-refractivity contribution in [3.63, 3.8) is 0 Å². The Morgan fingerprint density at radius 3 is 2.46 bits per heavy atom. The number of hydrogen-bond acceptors (Lipinski definition) is 2. The van der Waals surface area contributed by atoms with Gasteiger partial charge in [0.15, 0.2) is 6.29 Å². The number of carbonyl (C=O) groups is 2. The Labute approximate surface area is 84.4 Å². The zero-order valence-electron chi connectivity index (χ0n) is 6.38. The minimum absolute atomic E-state index is 0.0342. The lowest BCUT2D eigenvalue weighted by Gasteiger charge is -2.02. The van der Waals surface area contributed by atoms with E-state index in [0.29, 0.717) is 6.29 Å². The summed E-state index contributed by atoms with van der Waals surface area (Å²) in [5.74, 6) is -0.712. The SMILES string of the molecule is NC(=O)c1cc(Cl)cc(C=O)c1Cl. The van der Waals surface area contributed by atoms with Crippen LogP contribution in [0.4, 0.5) is 0 Å². The molecule has 68 valence electrons. The number of halogens is 2. The molecule has 2 N–H and O–H groups in total. The number of nitrogens with two attached hydrogens (primary N) is 1. The molecule has 0 heterocycles.